The van der Waals surface area contributed by atoms with E-state index in [1.165, 1.54) is 0 Å². The molecule has 0 unspecified atom stereocenters. The number of esters is 2. The van der Waals surface area contributed by atoms with Gasteiger partial charge in [0.15, 0.2) is 5.78 Å². The first-order chi connectivity index (χ1) is 14.9. The number of hydrogen-bond donors (Lipinski definition) is 1. The van der Waals surface area contributed by atoms with Crippen LogP contribution in [-0.2, 0) is 33.4 Å². The number of carbonyl (C=O) groups excluding carboxylic acids is 4. The normalized spacial score (nSPS) is 42.7. The maximum atomic E-state index is 14.0. The van der Waals surface area contributed by atoms with Crippen molar-refractivity contribution in [2.24, 2.45) is 22.7 Å². The van der Waals surface area contributed by atoms with E-state index in [1.54, 1.807) is 34.6 Å². The lowest BCUT2D eigenvalue weighted by molar-refractivity contribution is -0.211. The Kier molecular flexibility index (Phi) is 4.29. The van der Waals surface area contributed by atoms with E-state index in [2.05, 4.69) is 0 Å². The Morgan fingerprint density at radius 2 is 1.72 bits per heavy atom. The standard InChI is InChI=1S/C24H28O8/c1-10-19(28)17-18-20(30-10)31-21(29)23(18,4)8-14-12(9-25)11-6-16(27)32-22(2,3)13(11)7-15(26)24(14,17)5/h10,17-18,20,25H,6-9H2,1-5H3/t10-,17+,18+,20-,23+,24-/m0/s1. The number of aliphatic hydroxyl groups is 1. The first kappa shape index (κ1) is 21.5. The van der Waals surface area contributed by atoms with Gasteiger partial charge in [-0.2, -0.15) is 0 Å². The number of hydrogen-bond acceptors (Lipinski definition) is 8. The molecule has 0 aromatic rings. The molecule has 0 aromatic heterocycles. The summed E-state index contributed by atoms with van der Waals surface area (Å²) in [6.45, 7) is 8.14. The SMILES string of the molecule is C[C@@H]1O[C@H]2OC(=O)[C@]3(C)CC4=C(CO)C5=C(CC(=O)[C@@]4(C)[C@@H](C1=O)[C@H]23)C(C)(C)OC(=O)C5. The zero-order valence-corrected chi connectivity index (χ0v) is 18.9. The Hall–Kier alpha value is -2.32. The van der Waals surface area contributed by atoms with Gasteiger partial charge in [0.2, 0.25) is 6.29 Å². The Balaban J connectivity index is 1.81. The van der Waals surface area contributed by atoms with Crippen molar-refractivity contribution in [3.8, 4) is 0 Å². The van der Waals surface area contributed by atoms with Crippen molar-refractivity contribution in [1.29, 1.82) is 0 Å². The van der Waals surface area contributed by atoms with Crippen LogP contribution in [0.2, 0.25) is 0 Å². The van der Waals surface area contributed by atoms with Gasteiger partial charge in [-0.15, -0.1) is 0 Å². The summed E-state index contributed by atoms with van der Waals surface area (Å²) in [4.78, 5) is 52.9. The van der Waals surface area contributed by atoms with Gasteiger partial charge in [0.05, 0.1) is 23.9 Å². The van der Waals surface area contributed by atoms with Crippen LogP contribution >= 0.6 is 0 Å². The van der Waals surface area contributed by atoms with E-state index < -0.39 is 59.2 Å². The minimum atomic E-state index is -1.25. The summed E-state index contributed by atoms with van der Waals surface area (Å²) in [5.41, 5.74) is -1.06. The van der Waals surface area contributed by atoms with E-state index in [1.807, 2.05) is 0 Å². The molecule has 3 fully saturated rings. The highest BCUT2D eigenvalue weighted by molar-refractivity contribution is 6.01. The Bertz CT molecular complexity index is 1050. The summed E-state index contributed by atoms with van der Waals surface area (Å²) in [5.74, 6) is -2.76. The van der Waals surface area contributed by atoms with Crippen LogP contribution in [0.15, 0.2) is 22.3 Å². The molecule has 5 rings (SSSR count). The van der Waals surface area contributed by atoms with Crippen LogP contribution in [0.4, 0.5) is 0 Å². The average Bonchev–Trinajstić information content (AvgIpc) is 2.88. The molecule has 2 aliphatic carbocycles. The fraction of sp³-hybridized carbons (Fsp3) is 0.667. The average molecular weight is 444 g/mol. The summed E-state index contributed by atoms with van der Waals surface area (Å²) in [5, 5.41) is 10.5. The lowest BCUT2D eigenvalue weighted by Crippen LogP contribution is -2.61. The molecule has 0 spiro atoms. The molecule has 8 heteroatoms. The summed E-state index contributed by atoms with van der Waals surface area (Å²) in [7, 11) is 0. The molecule has 1 N–H and O–H groups in total. The molecule has 0 bridgehead atoms. The van der Waals surface area contributed by atoms with Crippen molar-refractivity contribution >= 4 is 23.5 Å². The highest BCUT2D eigenvalue weighted by Crippen LogP contribution is 2.65. The predicted molar refractivity (Wildman–Crippen MR) is 109 cm³/mol. The highest BCUT2D eigenvalue weighted by Gasteiger charge is 2.71. The first-order valence-corrected chi connectivity index (χ1v) is 11.1. The molecule has 0 aromatic carbocycles. The molecular weight excluding hydrogens is 416 g/mol. The van der Waals surface area contributed by atoms with Crippen LogP contribution < -0.4 is 0 Å². The smallest absolute Gasteiger partial charge is 0.314 e. The van der Waals surface area contributed by atoms with Crippen molar-refractivity contribution in [2.45, 2.75) is 71.9 Å². The van der Waals surface area contributed by atoms with Crippen LogP contribution in [-0.4, -0.2) is 53.2 Å². The molecule has 2 saturated heterocycles. The molecule has 0 amide bonds. The second-order valence-electron chi connectivity index (χ2n) is 10.6. The Labute approximate surface area is 186 Å². The van der Waals surface area contributed by atoms with E-state index >= 15 is 0 Å². The van der Waals surface area contributed by atoms with Crippen LogP contribution in [0.5, 0.6) is 0 Å². The number of allylic oxidation sites excluding steroid dienone is 1. The van der Waals surface area contributed by atoms with Crippen molar-refractivity contribution < 1.29 is 38.5 Å². The van der Waals surface area contributed by atoms with Gasteiger partial charge in [-0.1, -0.05) is 0 Å². The second kappa shape index (κ2) is 6.38. The van der Waals surface area contributed by atoms with Crippen molar-refractivity contribution in [2.75, 3.05) is 6.61 Å². The molecule has 172 valence electrons. The zero-order chi connectivity index (χ0) is 23.4. The van der Waals surface area contributed by atoms with Crippen molar-refractivity contribution in [1.82, 2.24) is 0 Å². The number of fused-ring (bicyclic) bond motifs is 2. The lowest BCUT2D eigenvalue weighted by atomic mass is 9.48. The van der Waals surface area contributed by atoms with Crippen LogP contribution in [0.25, 0.3) is 0 Å². The monoisotopic (exact) mass is 444 g/mol. The van der Waals surface area contributed by atoms with Gasteiger partial charge in [0.25, 0.3) is 0 Å². The number of aliphatic hydroxyl groups excluding tert-OH is 1. The van der Waals surface area contributed by atoms with E-state index in [0.29, 0.717) is 22.3 Å². The minimum absolute atomic E-state index is 0.00103. The largest absolute Gasteiger partial charge is 0.455 e. The summed E-state index contributed by atoms with van der Waals surface area (Å²) < 4.78 is 16.8. The van der Waals surface area contributed by atoms with Gasteiger partial charge in [0.1, 0.15) is 17.5 Å². The van der Waals surface area contributed by atoms with Crippen molar-refractivity contribution in [3.05, 3.63) is 22.3 Å². The maximum absolute atomic E-state index is 14.0. The zero-order valence-electron chi connectivity index (χ0n) is 18.9. The molecule has 1 saturated carbocycles. The van der Waals surface area contributed by atoms with Crippen molar-refractivity contribution in [3.63, 3.8) is 0 Å². The van der Waals surface area contributed by atoms with Gasteiger partial charge in [-0.3, -0.25) is 19.2 Å². The Morgan fingerprint density at radius 1 is 1.03 bits per heavy atom. The fourth-order valence-electron chi connectivity index (χ4n) is 6.74. The third-order valence-corrected chi connectivity index (χ3v) is 8.50. The third kappa shape index (κ3) is 2.45. The summed E-state index contributed by atoms with van der Waals surface area (Å²) in [6, 6.07) is 0. The van der Waals surface area contributed by atoms with Gasteiger partial charge in [0, 0.05) is 18.3 Å². The maximum Gasteiger partial charge on any atom is 0.314 e. The number of cyclic esters (lactones) is 1. The fourth-order valence-corrected chi connectivity index (χ4v) is 6.74. The molecule has 32 heavy (non-hydrogen) atoms. The molecule has 6 atom stereocenters. The Morgan fingerprint density at radius 3 is 2.38 bits per heavy atom. The summed E-state index contributed by atoms with van der Waals surface area (Å²) in [6.07, 6.45) is -1.63. The number of carbonyl (C=O) groups is 4. The first-order valence-electron chi connectivity index (χ1n) is 11.1. The molecular formula is C24H28O8. The molecule has 5 aliphatic rings. The lowest BCUT2D eigenvalue weighted by Gasteiger charge is -2.53. The van der Waals surface area contributed by atoms with Crippen LogP contribution in [0, 0.1) is 22.7 Å². The number of ether oxygens (including phenoxy) is 3. The molecule has 3 aliphatic heterocycles. The van der Waals surface area contributed by atoms with E-state index in [-0.39, 0.29) is 30.8 Å². The number of ketones is 2. The second-order valence-corrected chi connectivity index (χ2v) is 10.6. The molecule has 8 nitrogen and oxygen atoms in total. The van der Waals surface area contributed by atoms with E-state index in [9.17, 15) is 24.3 Å². The minimum Gasteiger partial charge on any atom is -0.455 e. The highest BCUT2D eigenvalue weighted by atomic mass is 16.7. The topological polar surface area (TPSA) is 116 Å². The van der Waals surface area contributed by atoms with E-state index in [4.69, 9.17) is 14.2 Å². The van der Waals surface area contributed by atoms with Gasteiger partial charge >= 0.3 is 11.9 Å². The third-order valence-electron chi connectivity index (χ3n) is 8.50. The van der Waals surface area contributed by atoms with Crippen LogP contribution in [0.1, 0.15) is 53.9 Å². The van der Waals surface area contributed by atoms with Crippen LogP contribution in [0.3, 0.4) is 0 Å². The molecule has 0 radical (unpaired) electrons. The van der Waals surface area contributed by atoms with E-state index in [0.717, 1.165) is 0 Å². The molecule has 3 heterocycles. The van der Waals surface area contributed by atoms with Gasteiger partial charge in [-0.25, -0.2) is 0 Å². The number of rotatable bonds is 1. The number of Topliss-reactive ketones (excluding diaryl/α,β-unsaturated/α-hetero) is 2. The summed E-state index contributed by atoms with van der Waals surface area (Å²) >= 11 is 0. The van der Waals surface area contributed by atoms with Gasteiger partial charge in [-0.05, 0) is 63.3 Å². The quantitative estimate of drug-likeness (QED) is 0.609. The van der Waals surface area contributed by atoms with Gasteiger partial charge < -0.3 is 19.3 Å². The predicted octanol–water partition coefficient (Wildman–Crippen LogP) is 1.79.